The van der Waals surface area contributed by atoms with Crippen LogP contribution in [0.25, 0.3) is 0 Å². The molecule has 3 aliphatic heterocycles. The lowest BCUT2D eigenvalue weighted by Gasteiger charge is -2.47. The maximum Gasteiger partial charge on any atom is 0.276 e. The number of pyridine rings is 1. The highest BCUT2D eigenvalue weighted by Crippen LogP contribution is 2.50. The van der Waals surface area contributed by atoms with Crippen LogP contribution in [0.5, 0.6) is 5.75 Å². The summed E-state index contributed by atoms with van der Waals surface area (Å²) in [5.74, 6) is -0.150. The lowest BCUT2D eigenvalue weighted by Crippen LogP contribution is -2.58. The highest BCUT2D eigenvalue weighted by molar-refractivity contribution is 14.1. The van der Waals surface area contributed by atoms with Gasteiger partial charge < -0.3 is 24.0 Å². The highest BCUT2D eigenvalue weighted by atomic mass is 127. The number of nitrogens with zero attached hydrogens (tertiary/aromatic N) is 2. The SMILES string of the molecule is O=C1c2c(OCc3ccccc3)c(=O)c(I)c3n2[C@H](CC3O)[C@H]2OC3CCC(C3)N12. The first-order chi connectivity index (χ1) is 14.5. The number of rotatable bonds is 3. The molecular formula is C22H21IN2O5. The van der Waals surface area contributed by atoms with Crippen molar-refractivity contribution in [2.24, 2.45) is 0 Å². The zero-order chi connectivity index (χ0) is 20.6. The van der Waals surface area contributed by atoms with Crippen molar-refractivity contribution >= 4 is 28.5 Å². The molecule has 0 radical (unpaired) electrons. The van der Waals surface area contributed by atoms with Gasteiger partial charge in [-0.15, -0.1) is 0 Å². The second-order valence-electron chi connectivity index (χ2n) is 8.50. The Labute approximate surface area is 186 Å². The Morgan fingerprint density at radius 1 is 1.17 bits per heavy atom. The van der Waals surface area contributed by atoms with Crippen LogP contribution in [-0.2, 0) is 11.3 Å². The van der Waals surface area contributed by atoms with E-state index < -0.39 is 12.3 Å². The number of carbonyl (C=O) groups is 1. The maximum atomic E-state index is 13.7. The number of aliphatic hydroxyl groups is 1. The first-order valence-electron chi connectivity index (χ1n) is 10.4. The molecule has 30 heavy (non-hydrogen) atoms. The van der Waals surface area contributed by atoms with Crippen LogP contribution in [0.1, 0.15) is 59.6 Å². The van der Waals surface area contributed by atoms with Gasteiger partial charge in [0.05, 0.1) is 27.5 Å². The van der Waals surface area contributed by atoms with E-state index in [9.17, 15) is 14.7 Å². The van der Waals surface area contributed by atoms with Gasteiger partial charge in [-0.2, -0.15) is 0 Å². The van der Waals surface area contributed by atoms with Crippen LogP contribution in [0.15, 0.2) is 35.1 Å². The molecule has 1 aromatic carbocycles. The minimum atomic E-state index is -0.799. The van der Waals surface area contributed by atoms with Gasteiger partial charge in [0.15, 0.2) is 17.7 Å². The van der Waals surface area contributed by atoms with Gasteiger partial charge in [-0.1, -0.05) is 30.3 Å². The zero-order valence-electron chi connectivity index (χ0n) is 16.2. The van der Waals surface area contributed by atoms with Gasteiger partial charge in [0, 0.05) is 12.5 Å². The molecular weight excluding hydrogens is 499 g/mol. The van der Waals surface area contributed by atoms with Crippen LogP contribution in [-0.4, -0.2) is 38.9 Å². The molecule has 2 fully saturated rings. The summed E-state index contributed by atoms with van der Waals surface area (Å²) in [5, 5.41) is 10.8. The first-order valence-corrected chi connectivity index (χ1v) is 11.4. The van der Waals surface area contributed by atoms with Gasteiger partial charge in [0.1, 0.15) is 6.61 Å². The van der Waals surface area contributed by atoms with Crippen molar-refractivity contribution in [1.29, 1.82) is 0 Å². The Morgan fingerprint density at radius 2 is 1.97 bits per heavy atom. The van der Waals surface area contributed by atoms with E-state index in [1.165, 1.54) is 0 Å². The molecule has 0 spiro atoms. The number of aliphatic hydroxyl groups excluding tert-OH is 1. The molecule has 8 heteroatoms. The van der Waals surface area contributed by atoms with E-state index in [0.717, 1.165) is 24.8 Å². The number of carbonyl (C=O) groups excluding carboxylic acids is 1. The van der Waals surface area contributed by atoms with Gasteiger partial charge in [-0.05, 0) is 47.4 Å². The van der Waals surface area contributed by atoms with Crippen molar-refractivity contribution < 1.29 is 19.4 Å². The normalized spacial score (nSPS) is 30.9. The quantitative estimate of drug-likeness (QED) is 0.630. The highest BCUT2D eigenvalue weighted by Gasteiger charge is 2.55. The molecule has 2 aromatic rings. The van der Waals surface area contributed by atoms with E-state index in [2.05, 4.69) is 0 Å². The monoisotopic (exact) mass is 520 g/mol. The molecule has 7 nitrogen and oxygen atoms in total. The summed E-state index contributed by atoms with van der Waals surface area (Å²) in [6, 6.07) is 9.48. The number of hydrogen-bond acceptors (Lipinski definition) is 5. The van der Waals surface area contributed by atoms with E-state index in [0.29, 0.717) is 15.7 Å². The Hall–Kier alpha value is -1.91. The molecule has 1 amide bonds. The fourth-order valence-electron chi connectivity index (χ4n) is 5.51. The van der Waals surface area contributed by atoms with Crippen LogP contribution in [0.3, 0.4) is 0 Å². The Balaban J connectivity index is 1.51. The minimum Gasteiger partial charge on any atom is -0.483 e. The molecule has 1 aromatic heterocycles. The maximum absolute atomic E-state index is 13.7. The van der Waals surface area contributed by atoms with Gasteiger partial charge in [0.25, 0.3) is 5.91 Å². The topological polar surface area (TPSA) is 81.0 Å². The molecule has 6 rings (SSSR count). The van der Waals surface area contributed by atoms with Crippen molar-refractivity contribution in [2.75, 3.05) is 0 Å². The van der Waals surface area contributed by atoms with Crippen LogP contribution in [0, 0.1) is 3.57 Å². The molecule has 1 aliphatic carbocycles. The van der Waals surface area contributed by atoms with Gasteiger partial charge in [0.2, 0.25) is 5.43 Å². The third kappa shape index (κ3) is 2.56. The van der Waals surface area contributed by atoms with E-state index in [4.69, 9.17) is 9.47 Å². The van der Waals surface area contributed by atoms with Crippen molar-refractivity contribution in [3.63, 3.8) is 0 Å². The molecule has 4 heterocycles. The number of amides is 1. The molecule has 4 aliphatic rings. The van der Waals surface area contributed by atoms with E-state index in [1.807, 2.05) is 62.4 Å². The average Bonchev–Trinajstić information content (AvgIpc) is 3.29. The smallest absolute Gasteiger partial charge is 0.276 e. The minimum absolute atomic E-state index is 0.0784. The lowest BCUT2D eigenvalue weighted by atomic mass is 10.0. The number of benzene rings is 1. The van der Waals surface area contributed by atoms with Crippen LogP contribution < -0.4 is 10.2 Å². The van der Waals surface area contributed by atoms with Gasteiger partial charge in [-0.25, -0.2) is 0 Å². The van der Waals surface area contributed by atoms with Gasteiger partial charge >= 0.3 is 0 Å². The molecule has 1 saturated carbocycles. The third-order valence-electron chi connectivity index (χ3n) is 6.81. The Bertz CT molecular complexity index is 1100. The predicted molar refractivity (Wildman–Crippen MR) is 115 cm³/mol. The fraction of sp³-hybridized carbons (Fsp3) is 0.455. The summed E-state index contributed by atoms with van der Waals surface area (Å²) in [5.41, 5.74) is 1.36. The van der Waals surface area contributed by atoms with E-state index in [1.54, 1.807) is 0 Å². The lowest BCUT2D eigenvalue weighted by molar-refractivity contribution is -0.148. The van der Waals surface area contributed by atoms with Crippen LogP contribution in [0.2, 0.25) is 0 Å². The average molecular weight is 520 g/mol. The third-order valence-corrected chi connectivity index (χ3v) is 7.85. The largest absolute Gasteiger partial charge is 0.483 e. The van der Waals surface area contributed by atoms with Crippen molar-refractivity contribution in [2.45, 2.75) is 62.8 Å². The summed E-state index contributed by atoms with van der Waals surface area (Å²) in [7, 11) is 0. The van der Waals surface area contributed by atoms with Crippen molar-refractivity contribution in [1.82, 2.24) is 9.47 Å². The molecule has 1 N–H and O–H groups in total. The first kappa shape index (κ1) is 18.8. The number of ether oxygens (including phenoxy) is 2. The summed E-state index contributed by atoms with van der Waals surface area (Å²) >= 11 is 1.97. The number of hydrogen-bond donors (Lipinski definition) is 1. The fourth-order valence-corrected chi connectivity index (χ4v) is 6.37. The molecule has 5 atom stereocenters. The molecule has 1 saturated heterocycles. The molecule has 156 valence electrons. The molecule has 2 bridgehead atoms. The van der Waals surface area contributed by atoms with E-state index in [-0.39, 0.29) is 47.6 Å². The number of halogens is 1. The Morgan fingerprint density at radius 3 is 2.77 bits per heavy atom. The summed E-state index contributed by atoms with van der Waals surface area (Å²) < 4.78 is 14.5. The second kappa shape index (κ2) is 6.80. The van der Waals surface area contributed by atoms with E-state index >= 15 is 0 Å². The zero-order valence-corrected chi connectivity index (χ0v) is 18.3. The Kier molecular flexibility index (Phi) is 4.26. The summed E-state index contributed by atoms with van der Waals surface area (Å²) in [4.78, 5) is 28.7. The van der Waals surface area contributed by atoms with Crippen molar-refractivity contribution in [3.05, 3.63) is 61.1 Å². The standard InChI is InChI=1S/C22H21IN2O5/c23-16-17-15(26)9-14-22-24(12-6-7-13(8-12)30-22)21(28)18(25(14)17)20(19(16)27)29-10-11-4-2-1-3-5-11/h1-5,12-15,22,26H,6-10H2/t12?,13?,14-,15?,22-/m1/s1. The summed E-state index contributed by atoms with van der Waals surface area (Å²) in [6.07, 6.45) is 2.08. The molecule has 3 unspecified atom stereocenters. The number of fused-ring (bicyclic) bond motifs is 5. The summed E-state index contributed by atoms with van der Waals surface area (Å²) in [6.45, 7) is 0.199. The van der Waals surface area contributed by atoms with Crippen LogP contribution in [0.4, 0.5) is 0 Å². The predicted octanol–water partition coefficient (Wildman–Crippen LogP) is 2.74. The second-order valence-corrected chi connectivity index (χ2v) is 9.58. The van der Waals surface area contributed by atoms with Gasteiger partial charge in [-0.3, -0.25) is 9.59 Å². The van der Waals surface area contributed by atoms with Crippen LogP contribution >= 0.6 is 22.6 Å². The van der Waals surface area contributed by atoms with Crippen molar-refractivity contribution in [3.8, 4) is 5.75 Å². The number of aromatic nitrogens is 1.